The SMILES string of the molecule is Clc1nsc(-c2cc(Cl)sc2Cl)n1. The summed E-state index contributed by atoms with van der Waals surface area (Å²) in [4.78, 5) is 3.99. The smallest absolute Gasteiger partial charge is 0.204 e. The van der Waals surface area contributed by atoms with Crippen LogP contribution < -0.4 is 0 Å². The van der Waals surface area contributed by atoms with Gasteiger partial charge in [-0.3, -0.25) is 0 Å². The molecule has 2 aromatic rings. The molecule has 0 unspecified atom stereocenters. The van der Waals surface area contributed by atoms with Crippen LogP contribution in [0.4, 0.5) is 0 Å². The van der Waals surface area contributed by atoms with Crippen LogP contribution in [0, 0.1) is 0 Å². The second kappa shape index (κ2) is 3.71. The molecule has 13 heavy (non-hydrogen) atoms. The maximum atomic E-state index is 5.92. The normalized spacial score (nSPS) is 10.7. The summed E-state index contributed by atoms with van der Waals surface area (Å²) in [5.74, 6) is 0. The predicted molar refractivity (Wildman–Crippen MR) is 58.3 cm³/mol. The third-order valence-electron chi connectivity index (χ3n) is 1.29. The Morgan fingerprint density at radius 2 is 2.00 bits per heavy atom. The Morgan fingerprint density at radius 3 is 2.46 bits per heavy atom. The molecule has 2 rings (SSSR count). The maximum Gasteiger partial charge on any atom is 0.234 e. The number of nitrogens with zero attached hydrogens (tertiary/aromatic N) is 2. The number of hydrogen-bond acceptors (Lipinski definition) is 4. The summed E-state index contributed by atoms with van der Waals surface area (Å²) in [7, 11) is 0. The molecule has 0 bridgehead atoms. The van der Waals surface area contributed by atoms with Crippen molar-refractivity contribution in [1.82, 2.24) is 9.36 Å². The van der Waals surface area contributed by atoms with Gasteiger partial charge in [-0.2, -0.15) is 4.37 Å². The van der Waals surface area contributed by atoms with Gasteiger partial charge < -0.3 is 0 Å². The van der Waals surface area contributed by atoms with E-state index in [2.05, 4.69) is 9.36 Å². The summed E-state index contributed by atoms with van der Waals surface area (Å²) in [5, 5.41) is 0.927. The fourth-order valence-electron chi connectivity index (χ4n) is 0.801. The first kappa shape index (κ1) is 9.68. The van der Waals surface area contributed by atoms with E-state index >= 15 is 0 Å². The average Bonchev–Trinajstić information content (AvgIpc) is 2.58. The zero-order chi connectivity index (χ0) is 9.42. The molecule has 0 spiro atoms. The second-order valence-corrected chi connectivity index (χ2v) is 5.48. The zero-order valence-electron chi connectivity index (χ0n) is 5.92. The van der Waals surface area contributed by atoms with Crippen molar-refractivity contribution in [2.45, 2.75) is 0 Å². The Labute approximate surface area is 97.3 Å². The van der Waals surface area contributed by atoms with Gasteiger partial charge >= 0.3 is 0 Å². The number of thiophene rings is 1. The van der Waals surface area contributed by atoms with Gasteiger partial charge in [0.1, 0.15) is 9.34 Å². The lowest BCUT2D eigenvalue weighted by Gasteiger charge is -1.87. The van der Waals surface area contributed by atoms with Crippen molar-refractivity contribution in [2.75, 3.05) is 0 Å². The molecule has 0 aromatic carbocycles. The lowest BCUT2D eigenvalue weighted by atomic mass is 10.4. The van der Waals surface area contributed by atoms with E-state index in [1.165, 1.54) is 22.9 Å². The molecule has 0 aliphatic rings. The molecule has 0 aliphatic carbocycles. The molecule has 0 aliphatic heterocycles. The molecule has 0 atom stereocenters. The van der Waals surface area contributed by atoms with Gasteiger partial charge in [-0.05, 0) is 29.2 Å². The van der Waals surface area contributed by atoms with Crippen LogP contribution in [0.5, 0.6) is 0 Å². The van der Waals surface area contributed by atoms with Crippen molar-refractivity contribution in [3.63, 3.8) is 0 Å². The Bertz CT molecular complexity index is 437. The zero-order valence-corrected chi connectivity index (χ0v) is 9.82. The molecule has 0 amide bonds. The summed E-state index contributed by atoms with van der Waals surface area (Å²) in [6.07, 6.45) is 0. The van der Waals surface area contributed by atoms with Crippen LogP contribution in [0.3, 0.4) is 0 Å². The Balaban J connectivity index is 2.51. The summed E-state index contributed by atoms with van der Waals surface area (Å²) in [5.41, 5.74) is 0.793. The highest BCUT2D eigenvalue weighted by atomic mass is 35.5. The van der Waals surface area contributed by atoms with Gasteiger partial charge in [-0.25, -0.2) is 4.98 Å². The molecule has 0 radical (unpaired) electrons. The number of halogens is 3. The van der Waals surface area contributed by atoms with Crippen LogP contribution in [-0.4, -0.2) is 9.36 Å². The van der Waals surface area contributed by atoms with E-state index in [4.69, 9.17) is 34.8 Å². The largest absolute Gasteiger partial charge is 0.234 e. The van der Waals surface area contributed by atoms with Gasteiger partial charge in [-0.15, -0.1) is 11.3 Å². The number of hydrogen-bond donors (Lipinski definition) is 0. The summed E-state index contributed by atoms with van der Waals surface area (Å²) < 4.78 is 5.08. The van der Waals surface area contributed by atoms with Crippen LogP contribution in [0.1, 0.15) is 0 Å². The van der Waals surface area contributed by atoms with Gasteiger partial charge in [0, 0.05) is 5.56 Å². The van der Waals surface area contributed by atoms with Crippen molar-refractivity contribution >= 4 is 57.7 Å². The van der Waals surface area contributed by atoms with Gasteiger partial charge in [-0.1, -0.05) is 23.2 Å². The third kappa shape index (κ3) is 1.97. The van der Waals surface area contributed by atoms with E-state index in [-0.39, 0.29) is 5.28 Å². The fraction of sp³-hybridized carbons (Fsp3) is 0. The minimum atomic E-state index is 0.235. The molecule has 0 fully saturated rings. The molecule has 68 valence electrons. The van der Waals surface area contributed by atoms with Crippen molar-refractivity contribution in [2.24, 2.45) is 0 Å². The average molecular weight is 272 g/mol. The molecule has 2 nitrogen and oxygen atoms in total. The van der Waals surface area contributed by atoms with Gasteiger partial charge in [0.2, 0.25) is 5.28 Å². The highest BCUT2D eigenvalue weighted by Gasteiger charge is 2.12. The summed E-state index contributed by atoms with van der Waals surface area (Å²) in [6, 6.07) is 1.76. The predicted octanol–water partition coefficient (Wildman–Crippen LogP) is 4.23. The van der Waals surface area contributed by atoms with E-state index in [1.807, 2.05) is 0 Å². The minimum absolute atomic E-state index is 0.235. The summed E-state index contributed by atoms with van der Waals surface area (Å²) in [6.45, 7) is 0. The van der Waals surface area contributed by atoms with Crippen LogP contribution in [0.2, 0.25) is 14.0 Å². The molecular weight excluding hydrogens is 271 g/mol. The van der Waals surface area contributed by atoms with Crippen LogP contribution in [0.15, 0.2) is 6.07 Å². The molecule has 7 heteroatoms. The quantitative estimate of drug-likeness (QED) is 0.776. The van der Waals surface area contributed by atoms with Crippen molar-refractivity contribution in [3.8, 4) is 10.6 Å². The van der Waals surface area contributed by atoms with E-state index in [1.54, 1.807) is 6.07 Å². The van der Waals surface area contributed by atoms with Crippen LogP contribution in [0.25, 0.3) is 10.6 Å². The first-order valence-electron chi connectivity index (χ1n) is 3.11. The highest BCUT2D eigenvalue weighted by molar-refractivity contribution is 7.21. The monoisotopic (exact) mass is 270 g/mol. The standard InChI is InChI=1S/C6HCl3N2S2/c7-3-1-2(4(8)12-3)5-10-6(9)11-13-5/h1H. The molecule has 0 saturated carbocycles. The molecule has 2 heterocycles. The maximum absolute atomic E-state index is 5.92. The molecular formula is C6HCl3N2S2. The van der Waals surface area contributed by atoms with Crippen molar-refractivity contribution < 1.29 is 0 Å². The second-order valence-electron chi connectivity index (χ2n) is 2.11. The van der Waals surface area contributed by atoms with Gasteiger partial charge in [0.25, 0.3) is 0 Å². The van der Waals surface area contributed by atoms with Crippen molar-refractivity contribution in [1.29, 1.82) is 0 Å². The number of rotatable bonds is 1. The van der Waals surface area contributed by atoms with E-state index in [9.17, 15) is 0 Å². The van der Waals surface area contributed by atoms with Crippen molar-refractivity contribution in [3.05, 3.63) is 20.0 Å². The molecule has 0 saturated heterocycles. The highest BCUT2D eigenvalue weighted by Crippen LogP contribution is 2.38. The first-order valence-corrected chi connectivity index (χ1v) is 5.83. The minimum Gasteiger partial charge on any atom is -0.204 e. The van der Waals surface area contributed by atoms with Gasteiger partial charge in [0.15, 0.2) is 0 Å². The molecule has 0 N–H and O–H groups in total. The van der Waals surface area contributed by atoms with Crippen LogP contribution in [-0.2, 0) is 0 Å². The lowest BCUT2D eigenvalue weighted by Crippen LogP contribution is -1.70. The van der Waals surface area contributed by atoms with Crippen LogP contribution >= 0.6 is 57.7 Å². The number of aromatic nitrogens is 2. The molecule has 2 aromatic heterocycles. The first-order chi connectivity index (χ1) is 6.16. The fourth-order valence-corrected chi connectivity index (χ4v) is 3.21. The topological polar surface area (TPSA) is 25.8 Å². The van der Waals surface area contributed by atoms with Gasteiger partial charge in [0.05, 0.1) is 4.34 Å². The third-order valence-corrected chi connectivity index (χ3v) is 3.79. The summed E-state index contributed by atoms with van der Waals surface area (Å²) >= 11 is 19.8. The van der Waals surface area contributed by atoms with E-state index in [0.29, 0.717) is 13.7 Å². The van der Waals surface area contributed by atoms with E-state index < -0.39 is 0 Å². The Kier molecular flexibility index (Phi) is 2.76. The lowest BCUT2D eigenvalue weighted by molar-refractivity contribution is 1.33. The Hall–Kier alpha value is 0.130. The Morgan fingerprint density at radius 1 is 1.23 bits per heavy atom. The van der Waals surface area contributed by atoms with E-state index in [0.717, 1.165) is 5.56 Å².